The van der Waals surface area contributed by atoms with E-state index in [1.807, 2.05) is 20.0 Å². The minimum atomic E-state index is 0.0382. The molecule has 0 radical (unpaired) electrons. The van der Waals surface area contributed by atoms with Gasteiger partial charge in [-0.2, -0.15) is 0 Å². The smallest absolute Gasteiger partial charge is 0.226 e. The number of carbonyl (C=O) groups excluding carboxylic acids is 1. The van der Waals surface area contributed by atoms with Crippen molar-refractivity contribution < 1.29 is 4.79 Å². The van der Waals surface area contributed by atoms with Crippen molar-refractivity contribution in [2.75, 3.05) is 5.32 Å². The Labute approximate surface area is 124 Å². The molecular weight excluding hydrogens is 268 g/mol. The number of nitrogens with one attached hydrogen (secondary N) is 1. The molecule has 0 spiro atoms. The molecule has 2 rings (SSSR count). The number of thiazole rings is 1. The molecule has 0 aliphatic heterocycles. The van der Waals surface area contributed by atoms with Crippen molar-refractivity contribution in [3.05, 3.63) is 46.5 Å². The van der Waals surface area contributed by atoms with E-state index in [-0.39, 0.29) is 5.91 Å². The van der Waals surface area contributed by atoms with Gasteiger partial charge in [0.2, 0.25) is 5.91 Å². The molecule has 3 nitrogen and oxygen atoms in total. The highest BCUT2D eigenvalue weighted by Crippen LogP contribution is 2.21. The highest BCUT2D eigenvalue weighted by molar-refractivity contribution is 7.15. The van der Waals surface area contributed by atoms with Gasteiger partial charge in [0.15, 0.2) is 5.13 Å². The predicted molar refractivity (Wildman–Crippen MR) is 84.2 cm³/mol. The van der Waals surface area contributed by atoms with Gasteiger partial charge in [-0.1, -0.05) is 43.7 Å². The zero-order chi connectivity index (χ0) is 14.5. The Bertz CT molecular complexity index is 572. The number of hydrogen-bond donors (Lipinski definition) is 1. The van der Waals surface area contributed by atoms with Crippen molar-refractivity contribution in [2.45, 2.75) is 33.6 Å². The summed E-state index contributed by atoms with van der Waals surface area (Å²) in [5.74, 6) is 0.401. The fourth-order valence-electron chi connectivity index (χ4n) is 1.90. The summed E-state index contributed by atoms with van der Waals surface area (Å²) in [4.78, 5) is 17.1. The number of aryl methyl sites for hydroxylation is 1. The van der Waals surface area contributed by atoms with E-state index < -0.39 is 0 Å². The van der Waals surface area contributed by atoms with Gasteiger partial charge >= 0.3 is 0 Å². The molecule has 0 saturated carbocycles. The van der Waals surface area contributed by atoms with Gasteiger partial charge in [-0.3, -0.25) is 4.79 Å². The van der Waals surface area contributed by atoms with Crippen molar-refractivity contribution in [3.63, 3.8) is 0 Å². The minimum Gasteiger partial charge on any atom is -0.302 e. The Kier molecular flexibility index (Phi) is 4.90. The quantitative estimate of drug-likeness (QED) is 0.902. The van der Waals surface area contributed by atoms with Gasteiger partial charge in [-0.05, 0) is 18.4 Å². The number of amides is 1. The summed E-state index contributed by atoms with van der Waals surface area (Å²) in [5.41, 5.74) is 2.53. The number of nitrogens with zero attached hydrogens (tertiary/aromatic N) is 1. The van der Waals surface area contributed by atoms with Crippen LogP contribution in [0.3, 0.4) is 0 Å². The lowest BCUT2D eigenvalue weighted by Gasteiger charge is -2.03. The van der Waals surface area contributed by atoms with E-state index in [9.17, 15) is 4.79 Å². The summed E-state index contributed by atoms with van der Waals surface area (Å²) in [6.07, 6.45) is 3.24. The second kappa shape index (κ2) is 6.66. The number of carbonyl (C=O) groups is 1. The predicted octanol–water partition coefficient (Wildman–Crippen LogP) is 4.03. The van der Waals surface area contributed by atoms with Gasteiger partial charge in [0.1, 0.15) is 0 Å². The molecule has 2 aromatic rings. The van der Waals surface area contributed by atoms with Gasteiger partial charge in [0, 0.05) is 23.9 Å². The molecule has 1 amide bonds. The number of aromatic nitrogens is 1. The molecule has 0 aliphatic carbocycles. The molecule has 106 valence electrons. The van der Waals surface area contributed by atoms with Crippen LogP contribution in [-0.4, -0.2) is 10.9 Å². The first kappa shape index (κ1) is 14.7. The van der Waals surface area contributed by atoms with Crippen LogP contribution < -0.4 is 5.32 Å². The maximum atomic E-state index is 11.7. The summed E-state index contributed by atoms with van der Waals surface area (Å²) in [7, 11) is 0. The van der Waals surface area contributed by atoms with E-state index >= 15 is 0 Å². The fourth-order valence-corrected chi connectivity index (χ4v) is 2.76. The molecule has 0 aliphatic rings. The first-order valence-corrected chi connectivity index (χ1v) is 7.64. The molecule has 20 heavy (non-hydrogen) atoms. The first-order chi connectivity index (χ1) is 9.52. The number of rotatable bonds is 5. The van der Waals surface area contributed by atoms with Gasteiger partial charge in [-0.15, -0.1) is 11.3 Å². The molecule has 4 heteroatoms. The SMILES string of the molecule is Cc1ccc(Cc2cnc(NC(=O)CC(C)C)s2)cc1. The highest BCUT2D eigenvalue weighted by atomic mass is 32.1. The van der Waals surface area contributed by atoms with Crippen LogP contribution in [0.2, 0.25) is 0 Å². The van der Waals surface area contributed by atoms with Crippen LogP contribution in [0, 0.1) is 12.8 Å². The molecule has 0 saturated heterocycles. The molecule has 1 aromatic heterocycles. The van der Waals surface area contributed by atoms with Crippen LogP contribution in [0.1, 0.15) is 36.3 Å². The minimum absolute atomic E-state index is 0.0382. The zero-order valence-electron chi connectivity index (χ0n) is 12.1. The lowest BCUT2D eigenvalue weighted by atomic mass is 10.1. The van der Waals surface area contributed by atoms with Crippen molar-refractivity contribution in [2.24, 2.45) is 5.92 Å². The summed E-state index contributed by atoms with van der Waals surface area (Å²) in [6, 6.07) is 8.49. The zero-order valence-corrected chi connectivity index (χ0v) is 13.0. The fraction of sp³-hybridized carbons (Fsp3) is 0.375. The topological polar surface area (TPSA) is 42.0 Å². The molecule has 0 unspecified atom stereocenters. The second-order valence-corrected chi connectivity index (χ2v) is 6.56. The monoisotopic (exact) mass is 288 g/mol. The van der Waals surface area contributed by atoms with Crippen LogP contribution in [0.25, 0.3) is 0 Å². The maximum Gasteiger partial charge on any atom is 0.226 e. The van der Waals surface area contributed by atoms with Crippen LogP contribution in [-0.2, 0) is 11.2 Å². The Balaban J connectivity index is 1.95. The summed E-state index contributed by atoms with van der Waals surface area (Å²) >= 11 is 1.54. The molecule has 0 fully saturated rings. The second-order valence-electron chi connectivity index (χ2n) is 5.44. The summed E-state index contributed by atoms with van der Waals surface area (Å²) < 4.78 is 0. The molecule has 1 N–H and O–H groups in total. The molecule has 0 bridgehead atoms. The van der Waals surface area contributed by atoms with Gasteiger partial charge in [-0.25, -0.2) is 4.98 Å². The number of anilines is 1. The largest absolute Gasteiger partial charge is 0.302 e. The summed E-state index contributed by atoms with van der Waals surface area (Å²) in [6.45, 7) is 6.15. The van der Waals surface area contributed by atoms with Gasteiger partial charge in [0.25, 0.3) is 0 Å². The van der Waals surface area contributed by atoms with Gasteiger partial charge < -0.3 is 5.32 Å². The number of hydrogen-bond acceptors (Lipinski definition) is 3. The average Bonchev–Trinajstić information content (AvgIpc) is 2.78. The molecule has 1 heterocycles. The average molecular weight is 288 g/mol. The highest BCUT2D eigenvalue weighted by Gasteiger charge is 2.08. The van der Waals surface area contributed by atoms with Gasteiger partial charge in [0.05, 0.1) is 0 Å². The van der Waals surface area contributed by atoms with Crippen LogP contribution in [0.4, 0.5) is 5.13 Å². The third-order valence-electron chi connectivity index (χ3n) is 2.89. The Morgan fingerprint density at radius 1 is 1.30 bits per heavy atom. The lowest BCUT2D eigenvalue weighted by molar-refractivity contribution is -0.116. The van der Waals surface area contributed by atoms with E-state index in [1.54, 1.807) is 11.3 Å². The molecular formula is C16H20N2OS. The lowest BCUT2D eigenvalue weighted by Crippen LogP contribution is -2.13. The molecule has 0 atom stereocenters. The third kappa shape index (κ3) is 4.46. The van der Waals surface area contributed by atoms with Crippen LogP contribution >= 0.6 is 11.3 Å². The standard InChI is InChI=1S/C16H20N2OS/c1-11(2)8-15(19)18-16-17-10-14(20-16)9-13-6-4-12(3)5-7-13/h4-7,10-11H,8-9H2,1-3H3,(H,17,18,19). The van der Waals surface area contributed by atoms with E-state index in [1.165, 1.54) is 11.1 Å². The van der Waals surface area contributed by atoms with Crippen LogP contribution in [0.5, 0.6) is 0 Å². The van der Waals surface area contributed by atoms with E-state index in [2.05, 4.69) is 41.5 Å². The van der Waals surface area contributed by atoms with Crippen molar-refractivity contribution in [3.8, 4) is 0 Å². The van der Waals surface area contributed by atoms with Crippen molar-refractivity contribution in [1.82, 2.24) is 4.98 Å². The van der Waals surface area contributed by atoms with E-state index in [4.69, 9.17) is 0 Å². The summed E-state index contributed by atoms with van der Waals surface area (Å²) in [5, 5.41) is 3.55. The number of benzene rings is 1. The van der Waals surface area contributed by atoms with E-state index in [0.717, 1.165) is 11.3 Å². The van der Waals surface area contributed by atoms with Crippen LogP contribution in [0.15, 0.2) is 30.5 Å². The van der Waals surface area contributed by atoms with Crippen molar-refractivity contribution >= 4 is 22.4 Å². The first-order valence-electron chi connectivity index (χ1n) is 6.83. The maximum absolute atomic E-state index is 11.7. The van der Waals surface area contributed by atoms with Crippen molar-refractivity contribution in [1.29, 1.82) is 0 Å². The normalized spacial score (nSPS) is 10.8. The Hall–Kier alpha value is -1.68. The van der Waals surface area contributed by atoms with E-state index in [0.29, 0.717) is 17.5 Å². The Morgan fingerprint density at radius 2 is 2.00 bits per heavy atom. The third-order valence-corrected chi connectivity index (χ3v) is 3.81. The molecule has 1 aromatic carbocycles. The Morgan fingerprint density at radius 3 is 2.65 bits per heavy atom.